The molecule has 1 atom stereocenters. The zero-order chi connectivity index (χ0) is 14.0. The number of fused-ring (bicyclic) bond motifs is 1. The van der Waals surface area contributed by atoms with Crippen LogP contribution < -0.4 is 0 Å². The Morgan fingerprint density at radius 3 is 2.53 bits per heavy atom. The number of aromatic amines is 1. The summed E-state index contributed by atoms with van der Waals surface area (Å²) in [6, 6.07) is 7.81. The molecule has 0 radical (unpaired) electrons. The fraction of sp³-hybridized carbons (Fsp3) is 0.333. The zero-order valence-electron chi connectivity index (χ0n) is 11.4. The number of H-pyrrole nitrogens is 1. The fourth-order valence-corrected chi connectivity index (χ4v) is 2.38. The van der Waals surface area contributed by atoms with Gasteiger partial charge in [-0.05, 0) is 11.6 Å². The minimum Gasteiger partial charge on any atom is -0.361 e. The molecular formula is C15H18N2O2. The first-order chi connectivity index (χ1) is 9.18. The van der Waals surface area contributed by atoms with Gasteiger partial charge < -0.3 is 4.98 Å². The standard InChI is InChI=1S/C13H12N2O2.C2H6/c1-15-12(16)6-9(13(15)17)10-7-14-11-5-3-2-4-8(10)11;1-2/h2-5,7,9,14H,6H2,1H3;1-2H3. The number of para-hydroxylation sites is 1. The van der Waals surface area contributed by atoms with Crippen LogP contribution >= 0.6 is 0 Å². The SMILES string of the molecule is CC.CN1C(=O)CC(c2c[nH]c3ccccc23)C1=O. The fourth-order valence-electron chi connectivity index (χ4n) is 2.38. The van der Waals surface area contributed by atoms with Gasteiger partial charge in [0, 0.05) is 30.6 Å². The highest BCUT2D eigenvalue weighted by Crippen LogP contribution is 2.33. The van der Waals surface area contributed by atoms with Gasteiger partial charge >= 0.3 is 0 Å². The molecule has 0 saturated carbocycles. The molecule has 4 heteroatoms. The van der Waals surface area contributed by atoms with Gasteiger partial charge in [0.05, 0.1) is 5.92 Å². The summed E-state index contributed by atoms with van der Waals surface area (Å²) in [5.41, 5.74) is 1.92. The summed E-state index contributed by atoms with van der Waals surface area (Å²) in [7, 11) is 1.54. The molecule has 19 heavy (non-hydrogen) atoms. The third-order valence-electron chi connectivity index (χ3n) is 3.38. The van der Waals surface area contributed by atoms with E-state index in [4.69, 9.17) is 0 Å². The summed E-state index contributed by atoms with van der Waals surface area (Å²) < 4.78 is 0. The minimum absolute atomic E-state index is 0.106. The maximum absolute atomic E-state index is 11.9. The topological polar surface area (TPSA) is 53.2 Å². The van der Waals surface area contributed by atoms with Gasteiger partial charge in [-0.1, -0.05) is 32.0 Å². The number of benzene rings is 1. The van der Waals surface area contributed by atoms with E-state index in [9.17, 15) is 9.59 Å². The molecule has 1 N–H and O–H groups in total. The van der Waals surface area contributed by atoms with E-state index >= 15 is 0 Å². The van der Waals surface area contributed by atoms with E-state index in [1.54, 1.807) is 7.05 Å². The summed E-state index contributed by atoms with van der Waals surface area (Å²) in [5.74, 6) is -0.548. The lowest BCUT2D eigenvalue weighted by atomic mass is 9.97. The lowest BCUT2D eigenvalue weighted by molar-refractivity contribution is -0.137. The van der Waals surface area contributed by atoms with Crippen LogP contribution in [0, 0.1) is 0 Å². The molecule has 0 spiro atoms. The quantitative estimate of drug-likeness (QED) is 0.799. The second kappa shape index (κ2) is 5.26. The molecule has 1 aromatic carbocycles. The smallest absolute Gasteiger partial charge is 0.237 e. The van der Waals surface area contributed by atoms with Crippen molar-refractivity contribution in [2.75, 3.05) is 7.05 Å². The number of likely N-dealkylation sites (tertiary alicyclic amines) is 1. The molecule has 4 nitrogen and oxygen atoms in total. The Balaban J connectivity index is 0.000000637. The highest BCUT2D eigenvalue weighted by Gasteiger charge is 2.38. The van der Waals surface area contributed by atoms with Crippen LogP contribution in [0.3, 0.4) is 0 Å². The molecule has 1 saturated heterocycles. The van der Waals surface area contributed by atoms with Gasteiger partial charge in [-0.2, -0.15) is 0 Å². The molecule has 0 bridgehead atoms. The van der Waals surface area contributed by atoms with E-state index in [0.717, 1.165) is 16.5 Å². The molecule has 100 valence electrons. The predicted molar refractivity (Wildman–Crippen MR) is 74.8 cm³/mol. The van der Waals surface area contributed by atoms with Crippen LogP contribution in [0.4, 0.5) is 0 Å². The number of nitrogens with zero attached hydrogens (tertiary/aromatic N) is 1. The first kappa shape index (κ1) is 13.3. The number of aromatic nitrogens is 1. The third-order valence-corrected chi connectivity index (χ3v) is 3.38. The number of rotatable bonds is 1. The first-order valence-electron chi connectivity index (χ1n) is 6.55. The average molecular weight is 258 g/mol. The number of carbonyl (C=O) groups excluding carboxylic acids is 2. The number of nitrogens with one attached hydrogen (secondary N) is 1. The highest BCUT2D eigenvalue weighted by atomic mass is 16.2. The normalized spacial score (nSPS) is 18.7. The van der Waals surface area contributed by atoms with Gasteiger partial charge in [-0.25, -0.2) is 0 Å². The monoisotopic (exact) mass is 258 g/mol. The molecule has 1 fully saturated rings. The molecule has 3 rings (SSSR count). The minimum atomic E-state index is -0.330. The predicted octanol–water partition coefficient (Wildman–Crippen LogP) is 2.67. The van der Waals surface area contributed by atoms with Crippen molar-refractivity contribution in [3.8, 4) is 0 Å². The lowest BCUT2D eigenvalue weighted by Gasteiger charge is -2.07. The Labute approximate surface area is 112 Å². The van der Waals surface area contributed by atoms with Crippen LogP contribution in [0.15, 0.2) is 30.5 Å². The maximum Gasteiger partial charge on any atom is 0.237 e. The van der Waals surface area contributed by atoms with Gasteiger partial charge in [0.2, 0.25) is 11.8 Å². The van der Waals surface area contributed by atoms with Gasteiger partial charge in [-0.3, -0.25) is 14.5 Å². The van der Waals surface area contributed by atoms with E-state index in [1.807, 2.05) is 44.3 Å². The molecule has 2 aromatic rings. The largest absolute Gasteiger partial charge is 0.361 e. The number of amides is 2. The van der Waals surface area contributed by atoms with Crippen molar-refractivity contribution in [2.24, 2.45) is 0 Å². The second-order valence-electron chi connectivity index (χ2n) is 4.34. The van der Waals surface area contributed by atoms with Crippen molar-refractivity contribution in [3.63, 3.8) is 0 Å². The zero-order valence-corrected chi connectivity index (χ0v) is 11.4. The summed E-state index contributed by atoms with van der Waals surface area (Å²) in [6.07, 6.45) is 2.11. The van der Waals surface area contributed by atoms with Gasteiger partial charge in [0.15, 0.2) is 0 Å². The van der Waals surface area contributed by atoms with E-state index in [2.05, 4.69) is 4.98 Å². The Morgan fingerprint density at radius 1 is 1.21 bits per heavy atom. The van der Waals surface area contributed by atoms with Crippen LogP contribution in [0.25, 0.3) is 10.9 Å². The Hall–Kier alpha value is -2.10. The average Bonchev–Trinajstić information content (AvgIpc) is 2.98. The molecule has 0 aliphatic carbocycles. The molecule has 1 aliphatic rings. The Morgan fingerprint density at radius 2 is 1.89 bits per heavy atom. The Bertz CT molecular complexity index is 615. The second-order valence-corrected chi connectivity index (χ2v) is 4.34. The number of likely N-dealkylation sites (N-methyl/N-ethyl adjacent to an activating group) is 1. The summed E-state index contributed by atoms with van der Waals surface area (Å²) in [4.78, 5) is 27.8. The molecule has 1 aromatic heterocycles. The third kappa shape index (κ3) is 2.14. The lowest BCUT2D eigenvalue weighted by Crippen LogP contribution is -2.25. The van der Waals surface area contributed by atoms with Crippen LogP contribution in [0.2, 0.25) is 0 Å². The summed E-state index contributed by atoms with van der Waals surface area (Å²) >= 11 is 0. The van der Waals surface area contributed by atoms with Crippen molar-refractivity contribution >= 4 is 22.7 Å². The number of hydrogen-bond donors (Lipinski definition) is 1. The summed E-state index contributed by atoms with van der Waals surface area (Å²) in [5, 5.41) is 1.02. The summed E-state index contributed by atoms with van der Waals surface area (Å²) in [6.45, 7) is 4.00. The molecule has 2 amide bonds. The first-order valence-corrected chi connectivity index (χ1v) is 6.55. The van der Waals surface area contributed by atoms with Crippen LogP contribution in [-0.2, 0) is 9.59 Å². The molecule has 1 unspecified atom stereocenters. The maximum atomic E-state index is 11.9. The van der Waals surface area contributed by atoms with Crippen molar-refractivity contribution in [1.29, 1.82) is 0 Å². The Kier molecular flexibility index (Phi) is 3.69. The van der Waals surface area contributed by atoms with Crippen LogP contribution in [0.5, 0.6) is 0 Å². The van der Waals surface area contributed by atoms with Crippen molar-refractivity contribution in [3.05, 3.63) is 36.0 Å². The van der Waals surface area contributed by atoms with Crippen molar-refractivity contribution in [2.45, 2.75) is 26.2 Å². The van der Waals surface area contributed by atoms with Gasteiger partial charge in [-0.15, -0.1) is 0 Å². The number of imide groups is 1. The number of hydrogen-bond acceptors (Lipinski definition) is 2. The van der Waals surface area contributed by atoms with Gasteiger partial charge in [0.1, 0.15) is 0 Å². The van der Waals surface area contributed by atoms with Crippen molar-refractivity contribution in [1.82, 2.24) is 9.88 Å². The van der Waals surface area contributed by atoms with Crippen molar-refractivity contribution < 1.29 is 9.59 Å². The highest BCUT2D eigenvalue weighted by molar-refractivity contribution is 6.07. The van der Waals surface area contributed by atoms with Crippen LogP contribution in [0.1, 0.15) is 31.7 Å². The number of carbonyl (C=O) groups is 2. The van der Waals surface area contributed by atoms with E-state index in [1.165, 1.54) is 4.90 Å². The molecular weight excluding hydrogens is 240 g/mol. The van der Waals surface area contributed by atoms with Gasteiger partial charge in [0.25, 0.3) is 0 Å². The van der Waals surface area contributed by atoms with Crippen LogP contribution in [-0.4, -0.2) is 28.7 Å². The molecule has 1 aliphatic heterocycles. The van der Waals surface area contributed by atoms with E-state index in [-0.39, 0.29) is 24.2 Å². The van der Waals surface area contributed by atoms with E-state index in [0.29, 0.717) is 0 Å². The van der Waals surface area contributed by atoms with E-state index < -0.39 is 0 Å². The molecule has 2 heterocycles.